The van der Waals surface area contributed by atoms with E-state index in [1.54, 1.807) is 18.0 Å². The van der Waals surface area contributed by atoms with Crippen LogP contribution in [-0.2, 0) is 0 Å². The molecule has 2 aromatic rings. The number of hydrogen-bond donors (Lipinski definition) is 0. The molecule has 0 atom stereocenters. The van der Waals surface area contributed by atoms with Gasteiger partial charge in [-0.25, -0.2) is 4.98 Å². The Labute approximate surface area is 123 Å². The third kappa shape index (κ3) is 3.93. The van der Waals surface area contributed by atoms with Crippen molar-refractivity contribution in [2.45, 2.75) is 17.9 Å². The minimum absolute atomic E-state index is 0.241. The summed E-state index contributed by atoms with van der Waals surface area (Å²) in [5.41, 5.74) is 0. The van der Waals surface area contributed by atoms with Crippen LogP contribution < -0.4 is 0 Å². The number of thiophene rings is 1. The zero-order valence-corrected chi connectivity index (χ0v) is 12.9. The number of nitrogens with zero attached hydrogens (tertiary/aromatic N) is 1. The van der Waals surface area contributed by atoms with Gasteiger partial charge in [0.25, 0.3) is 0 Å². The van der Waals surface area contributed by atoms with Gasteiger partial charge in [0.2, 0.25) is 0 Å². The van der Waals surface area contributed by atoms with Crippen LogP contribution in [0, 0.1) is 0 Å². The molecule has 0 bridgehead atoms. The van der Waals surface area contributed by atoms with Gasteiger partial charge in [-0.05, 0) is 51.7 Å². The number of aromatic nitrogens is 1. The van der Waals surface area contributed by atoms with E-state index >= 15 is 0 Å². The minimum atomic E-state index is 0.241. The zero-order valence-electron chi connectivity index (χ0n) is 9.64. The highest BCUT2D eigenvalue weighted by atomic mass is 79.9. The maximum Gasteiger partial charge on any atom is 0.172 e. The zero-order chi connectivity index (χ0) is 12.8. The summed E-state index contributed by atoms with van der Waals surface area (Å²) in [7, 11) is 0. The number of halogens is 1. The standard InChI is InChI=1S/C13H12BrNOS2/c14-10-4-1-7-15-13(10)18-9-2-5-11(16)12-6-3-8-17-12/h1,3-4,6-8H,2,5,9H2. The average Bonchev–Trinajstić information content (AvgIpc) is 2.90. The molecule has 2 rings (SSSR count). The summed E-state index contributed by atoms with van der Waals surface area (Å²) in [6.45, 7) is 0. The number of thioether (sulfide) groups is 1. The highest BCUT2D eigenvalue weighted by Gasteiger charge is 2.07. The molecule has 0 unspecified atom stereocenters. The van der Waals surface area contributed by atoms with Crippen LogP contribution in [0.4, 0.5) is 0 Å². The molecule has 0 aromatic carbocycles. The second-order valence-electron chi connectivity index (χ2n) is 3.64. The van der Waals surface area contributed by atoms with E-state index in [-0.39, 0.29) is 5.78 Å². The molecule has 0 spiro atoms. The first-order valence-corrected chi connectivity index (χ1v) is 8.23. The monoisotopic (exact) mass is 341 g/mol. The van der Waals surface area contributed by atoms with E-state index < -0.39 is 0 Å². The van der Waals surface area contributed by atoms with Crippen LogP contribution in [0.5, 0.6) is 0 Å². The SMILES string of the molecule is O=C(CCCSc1ncccc1Br)c1cccs1. The number of pyridine rings is 1. The summed E-state index contributed by atoms with van der Waals surface area (Å²) in [5, 5.41) is 2.92. The molecule has 0 saturated heterocycles. The summed E-state index contributed by atoms with van der Waals surface area (Å²) >= 11 is 6.65. The Morgan fingerprint density at radius 3 is 3.00 bits per heavy atom. The fourth-order valence-electron chi connectivity index (χ4n) is 1.44. The van der Waals surface area contributed by atoms with Gasteiger partial charge in [-0.1, -0.05) is 6.07 Å². The lowest BCUT2D eigenvalue weighted by atomic mass is 10.2. The van der Waals surface area contributed by atoms with Gasteiger partial charge < -0.3 is 0 Å². The first-order chi connectivity index (χ1) is 8.77. The fourth-order valence-corrected chi connectivity index (χ4v) is 3.56. The summed E-state index contributed by atoms with van der Waals surface area (Å²) in [5.74, 6) is 1.15. The van der Waals surface area contributed by atoms with Crippen molar-refractivity contribution in [2.75, 3.05) is 5.75 Å². The van der Waals surface area contributed by atoms with E-state index in [0.29, 0.717) is 6.42 Å². The Balaban J connectivity index is 1.74. The van der Waals surface area contributed by atoms with Crippen molar-refractivity contribution in [3.05, 3.63) is 45.2 Å². The number of hydrogen-bond acceptors (Lipinski definition) is 4. The highest BCUT2D eigenvalue weighted by molar-refractivity contribution is 9.10. The van der Waals surface area contributed by atoms with Crippen LogP contribution in [0.2, 0.25) is 0 Å². The van der Waals surface area contributed by atoms with E-state index in [1.807, 2.05) is 29.6 Å². The predicted molar refractivity (Wildman–Crippen MR) is 80.5 cm³/mol. The summed E-state index contributed by atoms with van der Waals surface area (Å²) < 4.78 is 1.01. The lowest BCUT2D eigenvalue weighted by Gasteiger charge is -2.02. The Kier molecular flexibility index (Phi) is 5.41. The summed E-state index contributed by atoms with van der Waals surface area (Å²) in [6, 6.07) is 7.67. The summed E-state index contributed by atoms with van der Waals surface area (Å²) in [6.07, 6.45) is 3.27. The van der Waals surface area contributed by atoms with Crippen LogP contribution in [-0.4, -0.2) is 16.5 Å². The molecule has 0 radical (unpaired) electrons. The van der Waals surface area contributed by atoms with Crippen molar-refractivity contribution in [1.82, 2.24) is 4.98 Å². The Hall–Kier alpha value is -0.650. The van der Waals surface area contributed by atoms with Crippen LogP contribution in [0.3, 0.4) is 0 Å². The molecule has 0 amide bonds. The van der Waals surface area contributed by atoms with Gasteiger partial charge >= 0.3 is 0 Å². The quantitative estimate of drug-likeness (QED) is 0.434. The average molecular weight is 342 g/mol. The Morgan fingerprint density at radius 2 is 2.28 bits per heavy atom. The molecule has 18 heavy (non-hydrogen) atoms. The topological polar surface area (TPSA) is 30.0 Å². The largest absolute Gasteiger partial charge is 0.293 e. The molecule has 0 saturated carbocycles. The number of Topliss-reactive ketones (excluding diaryl/α,β-unsaturated/α-hetero) is 1. The Bertz CT molecular complexity index is 513. The second-order valence-corrected chi connectivity index (χ2v) is 6.53. The molecule has 0 aliphatic rings. The van der Waals surface area contributed by atoms with Gasteiger partial charge in [0.15, 0.2) is 5.78 Å². The van der Waals surface area contributed by atoms with Gasteiger partial charge in [-0.2, -0.15) is 0 Å². The molecular weight excluding hydrogens is 330 g/mol. The number of carbonyl (C=O) groups excluding carboxylic acids is 1. The van der Waals surface area contributed by atoms with Gasteiger partial charge in [0.1, 0.15) is 5.03 Å². The lowest BCUT2D eigenvalue weighted by Crippen LogP contribution is -1.96. The van der Waals surface area contributed by atoms with E-state index in [2.05, 4.69) is 20.9 Å². The molecule has 94 valence electrons. The van der Waals surface area contributed by atoms with Gasteiger partial charge in [-0.15, -0.1) is 23.1 Å². The number of ketones is 1. The third-order valence-corrected chi connectivity index (χ3v) is 5.21. The molecule has 2 aromatic heterocycles. The fraction of sp³-hybridized carbons (Fsp3) is 0.231. The predicted octanol–water partition coefficient (Wildman–Crippen LogP) is 4.66. The second kappa shape index (κ2) is 7.07. The van der Waals surface area contributed by atoms with Crippen LogP contribution >= 0.6 is 39.0 Å². The molecule has 2 heterocycles. The Morgan fingerprint density at radius 1 is 1.39 bits per heavy atom. The number of carbonyl (C=O) groups is 1. The van der Waals surface area contributed by atoms with Crippen molar-refractivity contribution in [1.29, 1.82) is 0 Å². The van der Waals surface area contributed by atoms with Gasteiger partial charge in [0.05, 0.1) is 4.88 Å². The van der Waals surface area contributed by atoms with Gasteiger partial charge in [0, 0.05) is 17.1 Å². The van der Waals surface area contributed by atoms with Crippen molar-refractivity contribution < 1.29 is 4.79 Å². The maximum atomic E-state index is 11.8. The molecule has 5 heteroatoms. The van der Waals surface area contributed by atoms with Gasteiger partial charge in [-0.3, -0.25) is 4.79 Å². The van der Waals surface area contributed by atoms with Crippen molar-refractivity contribution in [3.63, 3.8) is 0 Å². The van der Waals surface area contributed by atoms with E-state index in [0.717, 1.165) is 26.5 Å². The molecular formula is C13H12BrNOS2. The molecule has 0 aliphatic heterocycles. The van der Waals surface area contributed by atoms with Crippen molar-refractivity contribution in [2.24, 2.45) is 0 Å². The van der Waals surface area contributed by atoms with E-state index in [1.165, 1.54) is 11.3 Å². The summed E-state index contributed by atoms with van der Waals surface area (Å²) in [4.78, 5) is 16.9. The van der Waals surface area contributed by atoms with E-state index in [4.69, 9.17) is 0 Å². The molecule has 0 fully saturated rings. The van der Waals surface area contributed by atoms with E-state index in [9.17, 15) is 4.79 Å². The van der Waals surface area contributed by atoms with Crippen molar-refractivity contribution >= 4 is 44.8 Å². The molecule has 0 aliphatic carbocycles. The minimum Gasteiger partial charge on any atom is -0.293 e. The number of rotatable bonds is 6. The van der Waals surface area contributed by atoms with Crippen LogP contribution in [0.25, 0.3) is 0 Å². The first kappa shape index (κ1) is 13.8. The third-order valence-electron chi connectivity index (χ3n) is 2.31. The molecule has 0 N–H and O–H groups in total. The maximum absolute atomic E-state index is 11.8. The highest BCUT2D eigenvalue weighted by Crippen LogP contribution is 2.25. The smallest absolute Gasteiger partial charge is 0.172 e. The first-order valence-electron chi connectivity index (χ1n) is 5.57. The van der Waals surface area contributed by atoms with Crippen LogP contribution in [0.15, 0.2) is 45.3 Å². The van der Waals surface area contributed by atoms with Crippen LogP contribution in [0.1, 0.15) is 22.5 Å². The van der Waals surface area contributed by atoms with Crippen molar-refractivity contribution in [3.8, 4) is 0 Å². The molecule has 2 nitrogen and oxygen atoms in total. The normalized spacial score (nSPS) is 10.5. The lowest BCUT2D eigenvalue weighted by molar-refractivity contribution is 0.0986.